The van der Waals surface area contributed by atoms with Crippen LogP contribution in [0.25, 0.3) is 0 Å². The molecular formula is C14H22N4Ru+. The summed E-state index contributed by atoms with van der Waals surface area (Å²) in [5, 5.41) is 15.8. The van der Waals surface area contributed by atoms with Gasteiger partial charge >= 0.3 is 19.5 Å². The molecule has 0 spiro atoms. The third kappa shape index (κ3) is 6.15. The number of nitrogens with zero attached hydrogens (tertiary/aromatic N) is 4. The summed E-state index contributed by atoms with van der Waals surface area (Å²) in [5.41, 5.74) is 4.41. The van der Waals surface area contributed by atoms with Crippen molar-refractivity contribution in [1.82, 2.24) is 20.4 Å². The van der Waals surface area contributed by atoms with E-state index < -0.39 is 0 Å². The van der Waals surface area contributed by atoms with Gasteiger partial charge in [-0.1, -0.05) is 52.7 Å². The Bertz CT molecular complexity index is 368. The van der Waals surface area contributed by atoms with Crippen LogP contribution >= 0.6 is 0 Å². The van der Waals surface area contributed by atoms with Gasteiger partial charge in [0.15, 0.2) is 0 Å². The largest absolute Gasteiger partial charge is 3.00 e. The first-order valence-corrected chi connectivity index (χ1v) is 6.69. The monoisotopic (exact) mass is 348 g/mol. The normalized spacial score (nSPS) is 9.47. The smallest absolute Gasteiger partial charge is 0.579 e. The first kappa shape index (κ1) is 18.0. The first-order chi connectivity index (χ1) is 8.73. The molecule has 0 saturated heterocycles. The van der Waals surface area contributed by atoms with E-state index >= 15 is 0 Å². The van der Waals surface area contributed by atoms with E-state index in [1.165, 1.54) is 0 Å². The van der Waals surface area contributed by atoms with Crippen molar-refractivity contribution in [2.24, 2.45) is 0 Å². The van der Waals surface area contributed by atoms with Gasteiger partial charge in [-0.25, -0.2) is 0 Å². The second-order valence-corrected chi connectivity index (χ2v) is 4.07. The van der Waals surface area contributed by atoms with Gasteiger partial charge in [0.2, 0.25) is 0 Å². The van der Waals surface area contributed by atoms with Crippen molar-refractivity contribution in [2.75, 3.05) is 0 Å². The summed E-state index contributed by atoms with van der Waals surface area (Å²) >= 11 is 0. The molecule has 0 aromatic carbocycles. The molecule has 0 amide bonds. The van der Waals surface area contributed by atoms with Gasteiger partial charge in [-0.15, -0.1) is 11.4 Å². The quantitative estimate of drug-likeness (QED) is 0.797. The fraction of sp³-hybridized carbons (Fsp3) is 0.571. The standard InChI is InChI=1S/2C7H11N2.Ru/c2*1-3-6-5-7(4-2)9-8-6;/h2*5H,3-4H2,1-2H3;/q2*-1;+3. The van der Waals surface area contributed by atoms with E-state index in [9.17, 15) is 0 Å². The molecule has 0 aliphatic rings. The number of hydrogen-bond donors (Lipinski definition) is 0. The third-order valence-corrected chi connectivity index (χ3v) is 2.73. The molecule has 5 heteroatoms. The zero-order valence-electron chi connectivity index (χ0n) is 12.1. The van der Waals surface area contributed by atoms with E-state index in [0.717, 1.165) is 48.5 Å². The zero-order chi connectivity index (χ0) is 13.4. The molecule has 0 unspecified atom stereocenters. The molecule has 2 rings (SSSR count). The minimum Gasteiger partial charge on any atom is -0.579 e. The van der Waals surface area contributed by atoms with Gasteiger partial charge in [-0.2, -0.15) is 0 Å². The molecule has 0 saturated carbocycles. The first-order valence-electron chi connectivity index (χ1n) is 6.69. The third-order valence-electron chi connectivity index (χ3n) is 2.73. The van der Waals surface area contributed by atoms with E-state index in [0.29, 0.717) is 0 Å². The molecule has 0 fully saturated rings. The number of aryl methyl sites for hydroxylation is 4. The minimum absolute atomic E-state index is 0. The maximum Gasteiger partial charge on any atom is 3.00 e. The van der Waals surface area contributed by atoms with Gasteiger partial charge in [-0.05, 0) is 12.8 Å². The Hall–Kier alpha value is -0.957. The van der Waals surface area contributed by atoms with Gasteiger partial charge in [-0.3, -0.25) is 0 Å². The van der Waals surface area contributed by atoms with E-state index in [1.807, 2.05) is 0 Å². The summed E-state index contributed by atoms with van der Waals surface area (Å²) in [5.74, 6) is 0. The van der Waals surface area contributed by atoms with Crippen LogP contribution in [-0.2, 0) is 45.2 Å². The second-order valence-electron chi connectivity index (χ2n) is 4.07. The van der Waals surface area contributed by atoms with Crippen LogP contribution in [0.2, 0.25) is 0 Å². The average molecular weight is 347 g/mol. The summed E-state index contributed by atoms with van der Waals surface area (Å²) < 4.78 is 0. The predicted molar refractivity (Wildman–Crippen MR) is 72.6 cm³/mol. The zero-order valence-corrected chi connectivity index (χ0v) is 13.9. The van der Waals surface area contributed by atoms with Crippen molar-refractivity contribution in [3.8, 4) is 0 Å². The topological polar surface area (TPSA) is 54.0 Å². The molecule has 0 aliphatic carbocycles. The van der Waals surface area contributed by atoms with Crippen LogP contribution in [0.3, 0.4) is 0 Å². The summed E-state index contributed by atoms with van der Waals surface area (Å²) in [7, 11) is 0. The molecule has 0 N–H and O–H groups in total. The summed E-state index contributed by atoms with van der Waals surface area (Å²) in [6.07, 6.45) is 3.97. The fourth-order valence-electron chi connectivity index (χ4n) is 1.45. The van der Waals surface area contributed by atoms with Crippen LogP contribution in [0.4, 0.5) is 0 Å². The van der Waals surface area contributed by atoms with Gasteiger partial charge in [0.05, 0.1) is 0 Å². The Labute approximate surface area is 128 Å². The van der Waals surface area contributed by atoms with Crippen LogP contribution in [-0.4, -0.2) is 10.2 Å². The van der Waals surface area contributed by atoms with Crippen molar-refractivity contribution >= 4 is 0 Å². The molecule has 0 aliphatic heterocycles. The van der Waals surface area contributed by atoms with Gasteiger partial charge in [0.25, 0.3) is 0 Å². The summed E-state index contributed by atoms with van der Waals surface area (Å²) in [6.45, 7) is 8.35. The van der Waals surface area contributed by atoms with Crippen LogP contribution < -0.4 is 10.2 Å². The van der Waals surface area contributed by atoms with Crippen molar-refractivity contribution in [3.05, 3.63) is 34.9 Å². The number of rotatable bonds is 4. The van der Waals surface area contributed by atoms with E-state index in [1.54, 1.807) is 0 Å². The molecule has 2 aromatic rings. The summed E-state index contributed by atoms with van der Waals surface area (Å²) in [4.78, 5) is 0. The maximum atomic E-state index is 3.96. The predicted octanol–water partition coefficient (Wildman–Crippen LogP) is 2.32. The maximum absolute atomic E-state index is 3.96. The minimum atomic E-state index is 0. The fourth-order valence-corrected chi connectivity index (χ4v) is 1.45. The Balaban J connectivity index is 0.000000324. The number of hydrogen-bond acceptors (Lipinski definition) is 2. The Kier molecular flexibility index (Phi) is 9.41. The molecular weight excluding hydrogens is 325 g/mol. The van der Waals surface area contributed by atoms with Crippen molar-refractivity contribution in [1.29, 1.82) is 0 Å². The average Bonchev–Trinajstić information content (AvgIpc) is 3.07. The van der Waals surface area contributed by atoms with Crippen LogP contribution in [0.5, 0.6) is 0 Å². The molecule has 2 heterocycles. The molecule has 4 nitrogen and oxygen atoms in total. The van der Waals surface area contributed by atoms with Gasteiger partial charge in [0, 0.05) is 11.4 Å². The van der Waals surface area contributed by atoms with Crippen molar-refractivity contribution in [2.45, 2.75) is 53.4 Å². The van der Waals surface area contributed by atoms with Crippen molar-refractivity contribution < 1.29 is 19.5 Å². The number of aromatic nitrogens is 4. The van der Waals surface area contributed by atoms with E-state index in [-0.39, 0.29) is 19.5 Å². The molecule has 0 atom stereocenters. The Morgan fingerprint density at radius 3 is 1.26 bits per heavy atom. The SMILES string of the molecule is CCc1cc(CC)[n-]n1.CCc1cc(CC)[n-]n1.[Ru+3]. The van der Waals surface area contributed by atoms with Crippen LogP contribution in [0.15, 0.2) is 12.1 Å². The molecule has 2 aromatic heterocycles. The van der Waals surface area contributed by atoms with Gasteiger partial charge in [0.1, 0.15) is 0 Å². The van der Waals surface area contributed by atoms with Crippen molar-refractivity contribution in [3.63, 3.8) is 0 Å². The van der Waals surface area contributed by atoms with Gasteiger partial charge < -0.3 is 20.4 Å². The molecule has 1 radical (unpaired) electrons. The Morgan fingerprint density at radius 2 is 1.11 bits per heavy atom. The molecule has 0 bridgehead atoms. The second kappa shape index (κ2) is 9.91. The Morgan fingerprint density at radius 1 is 0.737 bits per heavy atom. The van der Waals surface area contributed by atoms with E-state index in [4.69, 9.17) is 0 Å². The van der Waals surface area contributed by atoms with Crippen LogP contribution in [0.1, 0.15) is 50.5 Å². The van der Waals surface area contributed by atoms with E-state index in [2.05, 4.69) is 60.2 Å². The van der Waals surface area contributed by atoms with Crippen LogP contribution in [0, 0.1) is 0 Å². The molecule has 105 valence electrons. The molecule has 19 heavy (non-hydrogen) atoms. The summed E-state index contributed by atoms with van der Waals surface area (Å²) in [6, 6.07) is 4.11.